The van der Waals surface area contributed by atoms with E-state index in [4.69, 9.17) is 9.84 Å². The normalized spacial score (nSPS) is 19.8. The number of aliphatic carboxylic acids is 1. The number of amides is 1. The number of hydrogen-bond donors (Lipinski definition) is 1. The van der Waals surface area contributed by atoms with Crippen molar-refractivity contribution in [2.75, 3.05) is 26.8 Å². The van der Waals surface area contributed by atoms with Crippen molar-refractivity contribution in [1.29, 1.82) is 0 Å². The van der Waals surface area contributed by atoms with Crippen molar-refractivity contribution in [2.45, 2.75) is 12.3 Å². The Bertz CT molecular complexity index is 579. The van der Waals surface area contributed by atoms with E-state index in [-0.39, 0.29) is 25.0 Å². The van der Waals surface area contributed by atoms with E-state index in [1.165, 1.54) is 18.1 Å². The second-order valence-electron chi connectivity index (χ2n) is 5.26. The molecule has 0 heterocycles. The molecule has 0 saturated heterocycles. The lowest BCUT2D eigenvalue weighted by Gasteiger charge is -2.20. The predicted molar refractivity (Wildman–Crippen MR) is 73.3 cm³/mol. The van der Waals surface area contributed by atoms with Gasteiger partial charge in [0.25, 0.3) is 0 Å². The molecule has 0 aliphatic heterocycles. The fraction of sp³-hybridized carbons (Fsp3) is 0.467. The molecule has 0 aromatic heterocycles. The minimum absolute atomic E-state index is 0.163. The van der Waals surface area contributed by atoms with Gasteiger partial charge in [-0.15, -0.1) is 0 Å². The van der Waals surface area contributed by atoms with Crippen LogP contribution in [0, 0.1) is 17.6 Å². The van der Waals surface area contributed by atoms with Gasteiger partial charge >= 0.3 is 5.97 Å². The second-order valence-corrected chi connectivity index (χ2v) is 5.26. The number of carboxylic acids is 1. The number of methoxy groups -OCH3 is 1. The maximum atomic E-state index is 13.7. The van der Waals surface area contributed by atoms with Gasteiger partial charge in [0.15, 0.2) is 0 Å². The molecule has 1 saturated carbocycles. The number of carbonyl (C=O) groups excluding carboxylic acids is 1. The van der Waals surface area contributed by atoms with Crippen LogP contribution in [-0.4, -0.2) is 48.7 Å². The second kappa shape index (κ2) is 6.83. The molecule has 22 heavy (non-hydrogen) atoms. The zero-order chi connectivity index (χ0) is 16.3. The molecule has 1 N–H and O–H groups in total. The summed E-state index contributed by atoms with van der Waals surface area (Å²) in [6.45, 7) is -0.0324. The molecule has 1 aliphatic carbocycles. The molecule has 120 valence electrons. The molecule has 2 atom stereocenters. The van der Waals surface area contributed by atoms with Crippen LogP contribution in [0.1, 0.15) is 17.9 Å². The minimum atomic E-state index is -1.12. The van der Waals surface area contributed by atoms with Gasteiger partial charge in [-0.2, -0.15) is 0 Å². The maximum absolute atomic E-state index is 13.7. The lowest BCUT2D eigenvalue weighted by molar-refractivity contribution is -0.145. The Morgan fingerprint density at radius 2 is 2.14 bits per heavy atom. The molecule has 5 nitrogen and oxygen atoms in total. The first-order chi connectivity index (χ1) is 10.4. The van der Waals surface area contributed by atoms with Crippen LogP contribution in [0.2, 0.25) is 0 Å². The first-order valence-electron chi connectivity index (χ1n) is 6.88. The van der Waals surface area contributed by atoms with E-state index >= 15 is 0 Å². The van der Waals surface area contributed by atoms with Gasteiger partial charge in [-0.05, 0) is 24.0 Å². The van der Waals surface area contributed by atoms with Gasteiger partial charge in [0.05, 0.1) is 6.61 Å². The predicted octanol–water partition coefficient (Wildman–Crippen LogP) is 1.63. The van der Waals surface area contributed by atoms with Crippen molar-refractivity contribution < 1.29 is 28.2 Å². The van der Waals surface area contributed by atoms with E-state index in [0.717, 1.165) is 12.1 Å². The summed E-state index contributed by atoms with van der Waals surface area (Å²) in [5, 5.41) is 8.86. The molecule has 1 aliphatic rings. The van der Waals surface area contributed by atoms with E-state index in [1.54, 1.807) is 0 Å². The Kier molecular flexibility index (Phi) is 5.07. The fourth-order valence-electron chi connectivity index (χ4n) is 2.48. The fourth-order valence-corrected chi connectivity index (χ4v) is 2.48. The zero-order valence-corrected chi connectivity index (χ0v) is 12.1. The number of benzene rings is 1. The van der Waals surface area contributed by atoms with Crippen molar-refractivity contribution in [3.8, 4) is 0 Å². The van der Waals surface area contributed by atoms with Crippen LogP contribution < -0.4 is 0 Å². The van der Waals surface area contributed by atoms with Crippen molar-refractivity contribution in [3.05, 3.63) is 35.4 Å². The van der Waals surface area contributed by atoms with Crippen molar-refractivity contribution >= 4 is 11.9 Å². The molecular formula is C15H17F2NO4. The number of rotatable bonds is 7. The Morgan fingerprint density at radius 3 is 2.73 bits per heavy atom. The molecule has 1 fully saturated rings. The van der Waals surface area contributed by atoms with Crippen molar-refractivity contribution in [3.63, 3.8) is 0 Å². The maximum Gasteiger partial charge on any atom is 0.323 e. The summed E-state index contributed by atoms with van der Waals surface area (Å²) in [4.78, 5) is 24.3. The first kappa shape index (κ1) is 16.4. The van der Waals surface area contributed by atoms with Crippen LogP contribution in [-0.2, 0) is 14.3 Å². The van der Waals surface area contributed by atoms with E-state index < -0.39 is 30.1 Å². The summed E-state index contributed by atoms with van der Waals surface area (Å²) in [5.74, 6) is -3.59. The summed E-state index contributed by atoms with van der Waals surface area (Å²) >= 11 is 0. The molecule has 7 heteroatoms. The molecule has 0 spiro atoms. The Labute approximate surface area is 126 Å². The van der Waals surface area contributed by atoms with Gasteiger partial charge in [0.1, 0.15) is 18.2 Å². The van der Waals surface area contributed by atoms with Crippen molar-refractivity contribution in [1.82, 2.24) is 4.90 Å². The van der Waals surface area contributed by atoms with E-state index in [1.807, 2.05) is 0 Å². The first-order valence-corrected chi connectivity index (χ1v) is 6.88. The summed E-state index contributed by atoms with van der Waals surface area (Å²) in [6.07, 6.45) is 0.435. The highest BCUT2D eigenvalue weighted by atomic mass is 19.1. The highest BCUT2D eigenvalue weighted by Crippen LogP contribution is 2.49. The SMILES string of the molecule is COCCN(CC(=O)O)C(=O)C1CC1c1ccc(F)cc1F. The quantitative estimate of drug-likeness (QED) is 0.831. The highest BCUT2D eigenvalue weighted by Gasteiger charge is 2.47. The van der Waals surface area contributed by atoms with Gasteiger partial charge in [-0.1, -0.05) is 6.07 Å². The third kappa shape index (κ3) is 3.79. The number of carboxylic acid groups (broad SMARTS) is 1. The van der Waals surface area contributed by atoms with Gasteiger partial charge in [0, 0.05) is 25.6 Å². The summed E-state index contributed by atoms with van der Waals surface area (Å²) in [5.41, 5.74) is 0.293. The lowest BCUT2D eigenvalue weighted by atomic mass is 10.1. The molecule has 2 rings (SSSR count). The Morgan fingerprint density at radius 1 is 1.41 bits per heavy atom. The van der Waals surface area contributed by atoms with Crippen molar-refractivity contribution in [2.24, 2.45) is 5.92 Å². The standard InChI is InChI=1S/C15H17F2NO4/c1-22-5-4-18(8-14(19)20)15(21)12-7-11(12)10-3-2-9(16)6-13(10)17/h2-3,6,11-12H,4-5,7-8H2,1H3,(H,19,20). The molecule has 1 aromatic carbocycles. The molecular weight excluding hydrogens is 296 g/mol. The smallest absolute Gasteiger partial charge is 0.323 e. The van der Waals surface area contributed by atoms with Gasteiger partial charge in [-0.3, -0.25) is 9.59 Å². The molecule has 0 radical (unpaired) electrons. The summed E-state index contributed by atoms with van der Waals surface area (Å²) in [6, 6.07) is 3.27. The monoisotopic (exact) mass is 313 g/mol. The molecule has 1 aromatic rings. The average Bonchev–Trinajstić information content (AvgIpc) is 3.22. The van der Waals surface area contributed by atoms with Gasteiger partial charge in [0.2, 0.25) is 5.91 Å². The number of halogens is 2. The van der Waals surface area contributed by atoms with Crippen LogP contribution in [0.5, 0.6) is 0 Å². The van der Waals surface area contributed by atoms with Gasteiger partial charge in [-0.25, -0.2) is 8.78 Å². The van der Waals surface area contributed by atoms with E-state index in [2.05, 4.69) is 0 Å². The Balaban J connectivity index is 2.05. The minimum Gasteiger partial charge on any atom is -0.480 e. The third-order valence-electron chi connectivity index (χ3n) is 3.67. The number of carbonyl (C=O) groups is 2. The molecule has 0 bridgehead atoms. The van der Waals surface area contributed by atoms with Gasteiger partial charge < -0.3 is 14.7 Å². The van der Waals surface area contributed by atoms with Crippen LogP contribution in [0.15, 0.2) is 18.2 Å². The molecule has 1 amide bonds. The van der Waals surface area contributed by atoms with Crippen LogP contribution in [0.3, 0.4) is 0 Å². The van der Waals surface area contributed by atoms with Crippen LogP contribution >= 0.6 is 0 Å². The summed E-state index contributed by atoms with van der Waals surface area (Å²) < 4.78 is 31.5. The average molecular weight is 313 g/mol. The topological polar surface area (TPSA) is 66.8 Å². The number of ether oxygens (including phenoxy) is 1. The van der Waals surface area contributed by atoms with Crippen LogP contribution in [0.25, 0.3) is 0 Å². The largest absolute Gasteiger partial charge is 0.480 e. The van der Waals surface area contributed by atoms with Crippen LogP contribution in [0.4, 0.5) is 8.78 Å². The highest BCUT2D eigenvalue weighted by molar-refractivity contribution is 5.86. The van der Waals surface area contributed by atoms with E-state index in [0.29, 0.717) is 12.0 Å². The molecule has 2 unspecified atom stereocenters. The zero-order valence-electron chi connectivity index (χ0n) is 12.1. The Hall–Kier alpha value is -2.02. The lowest BCUT2D eigenvalue weighted by Crippen LogP contribution is -2.39. The summed E-state index contributed by atoms with van der Waals surface area (Å²) in [7, 11) is 1.46. The third-order valence-corrected chi connectivity index (χ3v) is 3.67. The number of hydrogen-bond acceptors (Lipinski definition) is 3. The van der Waals surface area contributed by atoms with E-state index in [9.17, 15) is 18.4 Å². The number of nitrogens with zero attached hydrogens (tertiary/aromatic N) is 1.